The van der Waals surface area contributed by atoms with Crippen molar-refractivity contribution in [3.63, 3.8) is 0 Å². The highest BCUT2D eigenvalue weighted by atomic mass is 19.4. The fraction of sp³-hybridized carbons (Fsp3) is 0.500. The summed E-state index contributed by atoms with van der Waals surface area (Å²) in [6, 6.07) is 2.37. The fourth-order valence-electron chi connectivity index (χ4n) is 1.44. The zero-order valence-corrected chi connectivity index (χ0v) is 9.68. The molecule has 5 heteroatoms. The van der Waals surface area contributed by atoms with Gasteiger partial charge in [0, 0.05) is 6.04 Å². The molecule has 0 aliphatic carbocycles. The van der Waals surface area contributed by atoms with E-state index >= 15 is 0 Å². The normalized spacial score (nSPS) is 15.6. The van der Waals surface area contributed by atoms with Gasteiger partial charge in [0.1, 0.15) is 11.9 Å². The summed E-state index contributed by atoms with van der Waals surface area (Å²) >= 11 is 0. The number of halogens is 4. The summed E-state index contributed by atoms with van der Waals surface area (Å²) in [5, 5.41) is 2.49. The van der Waals surface area contributed by atoms with Crippen molar-refractivity contribution in [1.29, 1.82) is 0 Å². The second-order valence-electron chi connectivity index (χ2n) is 4.00. The van der Waals surface area contributed by atoms with Crippen LogP contribution in [0.25, 0.3) is 0 Å². The van der Waals surface area contributed by atoms with Crippen LogP contribution in [0.1, 0.15) is 31.9 Å². The summed E-state index contributed by atoms with van der Waals surface area (Å²) in [5.74, 6) is -0.543. The first-order valence-corrected chi connectivity index (χ1v) is 5.42. The molecule has 0 saturated heterocycles. The lowest BCUT2D eigenvalue weighted by atomic mass is 10.0. The Morgan fingerprint density at radius 3 is 2.12 bits per heavy atom. The third-order valence-electron chi connectivity index (χ3n) is 2.59. The first-order chi connectivity index (χ1) is 7.84. The molecule has 0 heterocycles. The Labute approximate surface area is 97.8 Å². The van der Waals surface area contributed by atoms with Gasteiger partial charge >= 0.3 is 6.18 Å². The summed E-state index contributed by atoms with van der Waals surface area (Å²) in [7, 11) is 0. The van der Waals surface area contributed by atoms with Crippen LogP contribution in [0.2, 0.25) is 0 Å². The van der Waals surface area contributed by atoms with Gasteiger partial charge in [-0.25, -0.2) is 4.39 Å². The molecule has 0 aliphatic rings. The van der Waals surface area contributed by atoms with Crippen LogP contribution >= 0.6 is 0 Å². The van der Waals surface area contributed by atoms with Gasteiger partial charge in [0.05, 0.1) is 0 Å². The molecule has 0 radical (unpaired) electrons. The molecule has 2 atom stereocenters. The third-order valence-corrected chi connectivity index (χ3v) is 2.59. The van der Waals surface area contributed by atoms with Gasteiger partial charge in [-0.1, -0.05) is 19.1 Å². The first kappa shape index (κ1) is 14.0. The Bertz CT molecular complexity index is 345. The van der Waals surface area contributed by atoms with Crippen molar-refractivity contribution in [2.45, 2.75) is 38.5 Å². The Morgan fingerprint density at radius 2 is 1.71 bits per heavy atom. The Morgan fingerprint density at radius 1 is 1.18 bits per heavy atom. The van der Waals surface area contributed by atoms with E-state index in [1.54, 1.807) is 13.8 Å². The molecule has 0 bridgehead atoms. The van der Waals surface area contributed by atoms with Gasteiger partial charge in [-0.3, -0.25) is 5.32 Å². The number of nitrogens with one attached hydrogen (secondary N) is 1. The van der Waals surface area contributed by atoms with Crippen molar-refractivity contribution in [3.05, 3.63) is 35.6 Å². The molecule has 0 spiro atoms. The van der Waals surface area contributed by atoms with Gasteiger partial charge < -0.3 is 0 Å². The smallest absolute Gasteiger partial charge is 0.300 e. The maximum atomic E-state index is 12.8. The minimum Gasteiger partial charge on any atom is -0.300 e. The molecule has 1 aromatic rings. The predicted octanol–water partition coefficient (Wildman–Crippen LogP) is 3.82. The summed E-state index contributed by atoms with van der Waals surface area (Å²) < 4.78 is 51.2. The van der Waals surface area contributed by atoms with Gasteiger partial charge in [-0.2, -0.15) is 13.2 Å². The molecule has 0 aromatic heterocycles. The highest BCUT2D eigenvalue weighted by molar-refractivity contribution is 5.21. The topological polar surface area (TPSA) is 12.0 Å². The standard InChI is InChI=1S/C12H15F4N/c1-3-8(2)17-11(12(14,15)16)9-4-6-10(13)7-5-9/h4-8,11,17H,3H2,1-2H3/t8?,11-/m1/s1. The average molecular weight is 249 g/mol. The van der Waals surface area contributed by atoms with Crippen molar-refractivity contribution in [2.24, 2.45) is 0 Å². The maximum absolute atomic E-state index is 12.8. The van der Waals surface area contributed by atoms with Gasteiger partial charge in [0.2, 0.25) is 0 Å². The lowest BCUT2D eigenvalue weighted by Gasteiger charge is -2.25. The molecule has 1 rings (SSSR count). The number of benzene rings is 1. The summed E-state index contributed by atoms with van der Waals surface area (Å²) in [4.78, 5) is 0. The summed E-state index contributed by atoms with van der Waals surface area (Å²) in [5.41, 5.74) is 0.0270. The molecular weight excluding hydrogens is 234 g/mol. The van der Waals surface area contributed by atoms with E-state index in [9.17, 15) is 17.6 Å². The number of rotatable bonds is 4. The molecular formula is C12H15F4N. The first-order valence-electron chi connectivity index (χ1n) is 5.42. The van der Waals surface area contributed by atoms with Gasteiger partial charge in [0.15, 0.2) is 0 Å². The predicted molar refractivity (Wildman–Crippen MR) is 58.1 cm³/mol. The van der Waals surface area contributed by atoms with Crippen molar-refractivity contribution in [1.82, 2.24) is 5.32 Å². The van der Waals surface area contributed by atoms with Crippen LogP contribution in [0.3, 0.4) is 0 Å². The van der Waals surface area contributed by atoms with Crippen molar-refractivity contribution in [3.8, 4) is 0 Å². The molecule has 1 nitrogen and oxygen atoms in total. The Kier molecular flexibility index (Phi) is 4.51. The molecule has 1 unspecified atom stereocenters. The van der Waals surface area contributed by atoms with E-state index in [4.69, 9.17) is 0 Å². The molecule has 0 fully saturated rings. The number of hydrogen-bond acceptors (Lipinski definition) is 1. The fourth-order valence-corrected chi connectivity index (χ4v) is 1.44. The highest BCUT2D eigenvalue weighted by Gasteiger charge is 2.41. The molecule has 1 aromatic carbocycles. The monoisotopic (exact) mass is 249 g/mol. The SMILES string of the molecule is CCC(C)N[C@H](c1ccc(F)cc1)C(F)(F)F. The Hall–Kier alpha value is -1.10. The lowest BCUT2D eigenvalue weighted by Crippen LogP contribution is -2.39. The molecule has 96 valence electrons. The van der Waals surface area contributed by atoms with Crippen molar-refractivity contribution < 1.29 is 17.6 Å². The summed E-state index contributed by atoms with van der Waals surface area (Å²) in [6.45, 7) is 3.48. The van der Waals surface area contributed by atoms with Crippen LogP contribution in [-0.4, -0.2) is 12.2 Å². The molecule has 0 saturated carbocycles. The molecule has 17 heavy (non-hydrogen) atoms. The largest absolute Gasteiger partial charge is 0.407 e. The molecule has 1 N–H and O–H groups in total. The van der Waals surface area contributed by atoms with Gasteiger partial charge in [-0.15, -0.1) is 0 Å². The van der Waals surface area contributed by atoms with E-state index in [1.807, 2.05) is 0 Å². The van der Waals surface area contributed by atoms with E-state index in [0.29, 0.717) is 6.42 Å². The van der Waals surface area contributed by atoms with Crippen LogP contribution in [0, 0.1) is 5.82 Å². The second kappa shape index (κ2) is 5.49. The average Bonchev–Trinajstić information content (AvgIpc) is 2.25. The maximum Gasteiger partial charge on any atom is 0.407 e. The van der Waals surface area contributed by atoms with Crippen LogP contribution in [-0.2, 0) is 0 Å². The zero-order valence-electron chi connectivity index (χ0n) is 9.68. The van der Waals surface area contributed by atoms with Crippen molar-refractivity contribution in [2.75, 3.05) is 0 Å². The second-order valence-corrected chi connectivity index (χ2v) is 4.00. The van der Waals surface area contributed by atoms with E-state index < -0.39 is 18.0 Å². The van der Waals surface area contributed by atoms with E-state index in [1.165, 1.54) is 0 Å². The minimum atomic E-state index is -4.39. The third kappa shape index (κ3) is 4.00. The van der Waals surface area contributed by atoms with Gasteiger partial charge in [-0.05, 0) is 31.0 Å². The highest BCUT2D eigenvalue weighted by Crippen LogP contribution is 2.33. The van der Waals surface area contributed by atoms with E-state index in [2.05, 4.69) is 5.32 Å². The Balaban J connectivity index is 2.94. The van der Waals surface area contributed by atoms with Crippen LogP contribution in [0.4, 0.5) is 17.6 Å². The van der Waals surface area contributed by atoms with Crippen LogP contribution in [0.5, 0.6) is 0 Å². The minimum absolute atomic E-state index is 0.0270. The lowest BCUT2D eigenvalue weighted by molar-refractivity contribution is -0.159. The van der Waals surface area contributed by atoms with E-state index in [-0.39, 0.29) is 11.6 Å². The number of alkyl halides is 3. The van der Waals surface area contributed by atoms with Crippen LogP contribution < -0.4 is 5.32 Å². The van der Waals surface area contributed by atoms with E-state index in [0.717, 1.165) is 24.3 Å². The van der Waals surface area contributed by atoms with Gasteiger partial charge in [0.25, 0.3) is 0 Å². The molecule has 0 amide bonds. The number of hydrogen-bond donors (Lipinski definition) is 1. The van der Waals surface area contributed by atoms with Crippen LogP contribution in [0.15, 0.2) is 24.3 Å². The quantitative estimate of drug-likeness (QED) is 0.800. The zero-order chi connectivity index (χ0) is 13.1. The molecule has 0 aliphatic heterocycles. The summed E-state index contributed by atoms with van der Waals surface area (Å²) in [6.07, 6.45) is -3.80. The van der Waals surface area contributed by atoms with Crippen molar-refractivity contribution >= 4 is 0 Å².